The molecule has 0 bridgehead atoms. The number of aryl methyl sites for hydroxylation is 1. The Balaban J connectivity index is 1.43. The summed E-state index contributed by atoms with van der Waals surface area (Å²) in [6.07, 6.45) is 1.39. The maximum atomic E-state index is 12.7. The Hall–Kier alpha value is -4.44. The molecule has 0 saturated heterocycles. The molecule has 0 aliphatic carbocycles. The van der Waals surface area contributed by atoms with Crippen LogP contribution < -0.4 is 15.6 Å². The SMILES string of the molecule is Cc1cccc2c(=O)n(CC(=O)Nc3cccc(OCc4cccc(C#N)c4)c3)cnc12. The molecule has 1 heterocycles. The number of amides is 1. The third-order valence-corrected chi connectivity index (χ3v) is 4.95. The third kappa shape index (κ3) is 4.65. The number of anilines is 1. The second-order valence-corrected chi connectivity index (χ2v) is 7.33. The van der Waals surface area contributed by atoms with Gasteiger partial charge in [0.1, 0.15) is 18.9 Å². The van der Waals surface area contributed by atoms with Gasteiger partial charge < -0.3 is 10.1 Å². The van der Waals surface area contributed by atoms with Crippen molar-refractivity contribution < 1.29 is 9.53 Å². The van der Waals surface area contributed by atoms with Gasteiger partial charge in [-0.3, -0.25) is 14.2 Å². The van der Waals surface area contributed by atoms with Gasteiger partial charge in [-0.1, -0.05) is 30.3 Å². The van der Waals surface area contributed by atoms with Crippen molar-refractivity contribution >= 4 is 22.5 Å². The molecule has 0 atom stereocenters. The number of para-hydroxylation sites is 1. The first-order valence-electron chi connectivity index (χ1n) is 10.00. The van der Waals surface area contributed by atoms with E-state index in [1.165, 1.54) is 10.9 Å². The van der Waals surface area contributed by atoms with E-state index in [-0.39, 0.29) is 18.0 Å². The van der Waals surface area contributed by atoms with Gasteiger partial charge in [0.2, 0.25) is 5.91 Å². The lowest BCUT2D eigenvalue weighted by Gasteiger charge is -2.11. The van der Waals surface area contributed by atoms with Crippen LogP contribution in [0.3, 0.4) is 0 Å². The van der Waals surface area contributed by atoms with Crippen LogP contribution in [0.25, 0.3) is 10.9 Å². The molecule has 4 rings (SSSR count). The first-order chi connectivity index (χ1) is 15.5. The maximum Gasteiger partial charge on any atom is 0.261 e. The Morgan fingerprint density at radius 3 is 2.78 bits per heavy atom. The number of benzene rings is 3. The maximum absolute atomic E-state index is 12.7. The summed E-state index contributed by atoms with van der Waals surface area (Å²) in [6, 6.07) is 21.7. The number of nitrogens with one attached hydrogen (secondary N) is 1. The van der Waals surface area contributed by atoms with Crippen molar-refractivity contribution in [2.24, 2.45) is 0 Å². The van der Waals surface area contributed by atoms with Gasteiger partial charge >= 0.3 is 0 Å². The van der Waals surface area contributed by atoms with Crippen molar-refractivity contribution in [3.63, 3.8) is 0 Å². The Morgan fingerprint density at radius 2 is 1.94 bits per heavy atom. The summed E-state index contributed by atoms with van der Waals surface area (Å²) in [4.78, 5) is 29.5. The van der Waals surface area contributed by atoms with E-state index in [2.05, 4.69) is 16.4 Å². The molecule has 4 aromatic rings. The molecule has 0 spiro atoms. The molecule has 0 unspecified atom stereocenters. The number of carbonyl (C=O) groups excluding carboxylic acids is 1. The zero-order valence-corrected chi connectivity index (χ0v) is 17.4. The van der Waals surface area contributed by atoms with Gasteiger partial charge in [-0.15, -0.1) is 0 Å². The highest BCUT2D eigenvalue weighted by Gasteiger charge is 2.10. The fourth-order valence-electron chi connectivity index (χ4n) is 3.37. The summed E-state index contributed by atoms with van der Waals surface area (Å²) < 4.78 is 7.08. The number of fused-ring (bicyclic) bond motifs is 1. The first-order valence-corrected chi connectivity index (χ1v) is 10.00. The number of hydrogen-bond acceptors (Lipinski definition) is 5. The Bertz CT molecular complexity index is 1400. The van der Waals surface area contributed by atoms with Crippen LogP contribution in [-0.4, -0.2) is 15.5 Å². The van der Waals surface area contributed by atoms with Crippen LogP contribution in [0.1, 0.15) is 16.7 Å². The lowest BCUT2D eigenvalue weighted by Crippen LogP contribution is -2.28. The highest BCUT2D eigenvalue weighted by molar-refractivity contribution is 5.91. The third-order valence-electron chi connectivity index (χ3n) is 4.95. The molecule has 0 saturated carbocycles. The summed E-state index contributed by atoms with van der Waals surface area (Å²) in [5.74, 6) is 0.227. The highest BCUT2D eigenvalue weighted by atomic mass is 16.5. The molecular weight excluding hydrogens is 404 g/mol. The van der Waals surface area contributed by atoms with E-state index in [0.717, 1.165) is 11.1 Å². The van der Waals surface area contributed by atoms with Crippen molar-refractivity contribution in [3.05, 3.63) is 100 Å². The molecule has 7 heteroatoms. The van der Waals surface area contributed by atoms with Gasteiger partial charge in [0, 0.05) is 11.8 Å². The fourth-order valence-corrected chi connectivity index (χ4v) is 3.37. The monoisotopic (exact) mass is 424 g/mol. The molecule has 1 amide bonds. The summed E-state index contributed by atoms with van der Waals surface area (Å²) in [6.45, 7) is 2.04. The molecule has 0 aliphatic rings. The van der Waals surface area contributed by atoms with E-state index < -0.39 is 0 Å². The molecule has 0 fully saturated rings. The number of nitriles is 1. The van der Waals surface area contributed by atoms with Crippen molar-refractivity contribution in [2.45, 2.75) is 20.1 Å². The molecule has 158 valence electrons. The van der Waals surface area contributed by atoms with Crippen LogP contribution in [0.15, 0.2) is 77.9 Å². The number of aromatic nitrogens is 2. The van der Waals surface area contributed by atoms with Crippen LogP contribution in [0.4, 0.5) is 5.69 Å². The summed E-state index contributed by atoms with van der Waals surface area (Å²) >= 11 is 0. The quantitative estimate of drug-likeness (QED) is 0.508. The average Bonchev–Trinajstić information content (AvgIpc) is 2.80. The standard InChI is InChI=1S/C25H20N4O3/c1-17-5-2-10-22-24(17)27-16-29(25(22)31)14-23(30)28-20-8-4-9-21(12-20)32-15-19-7-3-6-18(11-19)13-26/h2-12,16H,14-15H2,1H3,(H,28,30). The molecule has 7 nitrogen and oxygen atoms in total. The predicted molar refractivity (Wildman–Crippen MR) is 121 cm³/mol. The van der Waals surface area contributed by atoms with Crippen molar-refractivity contribution in [1.29, 1.82) is 5.26 Å². The van der Waals surface area contributed by atoms with E-state index in [4.69, 9.17) is 10.00 Å². The number of carbonyl (C=O) groups is 1. The van der Waals surface area contributed by atoms with E-state index in [9.17, 15) is 9.59 Å². The topological polar surface area (TPSA) is 97.0 Å². The second kappa shape index (κ2) is 9.14. The minimum Gasteiger partial charge on any atom is -0.489 e. The zero-order chi connectivity index (χ0) is 22.5. The molecule has 0 radical (unpaired) electrons. The van der Waals surface area contributed by atoms with Gasteiger partial charge in [-0.25, -0.2) is 4.98 Å². The Morgan fingerprint density at radius 1 is 1.12 bits per heavy atom. The van der Waals surface area contributed by atoms with Crippen LogP contribution in [0, 0.1) is 18.3 Å². The number of hydrogen-bond donors (Lipinski definition) is 1. The summed E-state index contributed by atoms with van der Waals surface area (Å²) in [5, 5.41) is 12.3. The molecular formula is C25H20N4O3. The first kappa shape index (κ1) is 20.8. The van der Waals surface area contributed by atoms with E-state index in [1.807, 2.05) is 19.1 Å². The van der Waals surface area contributed by atoms with E-state index in [1.54, 1.807) is 54.6 Å². The summed E-state index contributed by atoms with van der Waals surface area (Å²) in [5.41, 5.74) is 3.28. The van der Waals surface area contributed by atoms with Gasteiger partial charge in [0.15, 0.2) is 0 Å². The molecule has 32 heavy (non-hydrogen) atoms. The van der Waals surface area contributed by atoms with E-state index >= 15 is 0 Å². The number of ether oxygens (including phenoxy) is 1. The highest BCUT2D eigenvalue weighted by Crippen LogP contribution is 2.19. The molecule has 1 aromatic heterocycles. The van der Waals surface area contributed by atoms with Crippen molar-refractivity contribution in [1.82, 2.24) is 9.55 Å². The number of nitrogens with zero attached hydrogens (tertiary/aromatic N) is 3. The summed E-state index contributed by atoms with van der Waals surface area (Å²) in [7, 11) is 0. The minimum absolute atomic E-state index is 0.151. The van der Waals surface area contributed by atoms with Gasteiger partial charge in [0.05, 0.1) is 28.9 Å². The smallest absolute Gasteiger partial charge is 0.261 e. The van der Waals surface area contributed by atoms with Crippen molar-refractivity contribution in [3.8, 4) is 11.8 Å². The van der Waals surface area contributed by atoms with Crippen molar-refractivity contribution in [2.75, 3.05) is 5.32 Å². The normalized spacial score (nSPS) is 10.5. The largest absolute Gasteiger partial charge is 0.489 e. The fraction of sp³-hybridized carbons (Fsp3) is 0.120. The van der Waals surface area contributed by atoms with Crippen LogP contribution in [-0.2, 0) is 17.9 Å². The number of rotatable bonds is 6. The van der Waals surface area contributed by atoms with Crippen LogP contribution in [0.2, 0.25) is 0 Å². The molecule has 3 aromatic carbocycles. The van der Waals surface area contributed by atoms with Crippen LogP contribution >= 0.6 is 0 Å². The van der Waals surface area contributed by atoms with Gasteiger partial charge in [0.25, 0.3) is 5.56 Å². The average molecular weight is 424 g/mol. The molecule has 0 aliphatic heterocycles. The van der Waals surface area contributed by atoms with E-state index in [0.29, 0.717) is 34.5 Å². The predicted octanol–water partition coefficient (Wildman–Crippen LogP) is 3.79. The van der Waals surface area contributed by atoms with Gasteiger partial charge in [-0.2, -0.15) is 5.26 Å². The Labute approximate surface area is 184 Å². The minimum atomic E-state index is -0.347. The Kier molecular flexibility index (Phi) is 5.95. The lowest BCUT2D eigenvalue weighted by atomic mass is 10.1. The molecule has 1 N–H and O–H groups in total. The zero-order valence-electron chi connectivity index (χ0n) is 17.4. The second-order valence-electron chi connectivity index (χ2n) is 7.33. The van der Waals surface area contributed by atoms with Crippen LogP contribution in [0.5, 0.6) is 5.75 Å². The lowest BCUT2D eigenvalue weighted by molar-refractivity contribution is -0.116. The van der Waals surface area contributed by atoms with Gasteiger partial charge in [-0.05, 0) is 48.4 Å².